The third-order valence-electron chi connectivity index (χ3n) is 3.79. The molecule has 5 nitrogen and oxygen atoms in total. The Labute approximate surface area is 108 Å². The number of nitrogens with one attached hydrogen (secondary N) is 1. The predicted molar refractivity (Wildman–Crippen MR) is 72.6 cm³/mol. The number of aromatic nitrogens is 2. The molecule has 0 radical (unpaired) electrons. The van der Waals surface area contributed by atoms with E-state index in [0.29, 0.717) is 29.3 Å². The molecule has 0 aliphatic heterocycles. The lowest BCUT2D eigenvalue weighted by molar-refractivity contribution is 0.276. The molecule has 1 aromatic rings. The Kier molecular flexibility index (Phi) is 3.89. The maximum atomic E-state index is 5.97. The molecular formula is C13H22N4O. The second-order valence-corrected chi connectivity index (χ2v) is 5.29. The number of nitrogens with zero attached hydrogens (tertiary/aromatic N) is 2. The normalized spacial score (nSPS) is 27.8. The van der Waals surface area contributed by atoms with Crippen LogP contribution in [-0.4, -0.2) is 23.1 Å². The van der Waals surface area contributed by atoms with Crippen LogP contribution in [0, 0.1) is 11.8 Å². The molecule has 5 heteroatoms. The van der Waals surface area contributed by atoms with Crippen molar-refractivity contribution in [3.63, 3.8) is 0 Å². The van der Waals surface area contributed by atoms with E-state index >= 15 is 0 Å². The molecule has 0 spiro atoms. The SMILES string of the molecule is COc1ncnc(NC2CCC(C)CC2C)c1N. The lowest BCUT2D eigenvalue weighted by atomic mass is 9.80. The monoisotopic (exact) mass is 250 g/mol. The first-order chi connectivity index (χ1) is 8.61. The van der Waals surface area contributed by atoms with Crippen molar-refractivity contribution >= 4 is 11.5 Å². The number of hydrogen-bond donors (Lipinski definition) is 2. The fourth-order valence-corrected chi connectivity index (χ4v) is 2.71. The molecule has 3 atom stereocenters. The summed E-state index contributed by atoms with van der Waals surface area (Å²) in [5.41, 5.74) is 6.46. The zero-order chi connectivity index (χ0) is 13.1. The van der Waals surface area contributed by atoms with Crippen LogP contribution < -0.4 is 15.8 Å². The van der Waals surface area contributed by atoms with Crippen molar-refractivity contribution in [1.29, 1.82) is 0 Å². The van der Waals surface area contributed by atoms with Gasteiger partial charge in [0.2, 0.25) is 5.88 Å². The summed E-state index contributed by atoms with van der Waals surface area (Å²) in [5.74, 6) is 2.57. The Morgan fingerprint density at radius 2 is 2.11 bits per heavy atom. The van der Waals surface area contributed by atoms with Gasteiger partial charge in [0.1, 0.15) is 12.0 Å². The van der Waals surface area contributed by atoms with Gasteiger partial charge in [-0.25, -0.2) is 4.98 Å². The Morgan fingerprint density at radius 1 is 1.33 bits per heavy atom. The molecule has 100 valence electrons. The van der Waals surface area contributed by atoms with Gasteiger partial charge in [0, 0.05) is 6.04 Å². The standard InChI is InChI=1S/C13H22N4O/c1-8-4-5-10(9(2)6-8)17-12-11(14)13(18-3)16-7-15-12/h7-10H,4-6,14H2,1-3H3,(H,15,16,17). The van der Waals surface area contributed by atoms with E-state index in [4.69, 9.17) is 10.5 Å². The minimum atomic E-state index is 0.433. The molecule has 1 fully saturated rings. The Hall–Kier alpha value is -1.52. The maximum Gasteiger partial charge on any atom is 0.242 e. The predicted octanol–water partition coefficient (Wildman–Crippen LogP) is 2.30. The molecule has 1 saturated carbocycles. The van der Waals surface area contributed by atoms with Crippen molar-refractivity contribution in [2.75, 3.05) is 18.2 Å². The minimum absolute atomic E-state index is 0.433. The van der Waals surface area contributed by atoms with Crippen LogP contribution in [0.2, 0.25) is 0 Å². The first kappa shape index (κ1) is 12.9. The van der Waals surface area contributed by atoms with Gasteiger partial charge < -0.3 is 15.8 Å². The highest BCUT2D eigenvalue weighted by Crippen LogP contribution is 2.32. The Bertz CT molecular complexity index is 410. The van der Waals surface area contributed by atoms with E-state index < -0.39 is 0 Å². The van der Waals surface area contributed by atoms with Crippen LogP contribution in [0.1, 0.15) is 33.1 Å². The summed E-state index contributed by atoms with van der Waals surface area (Å²) in [6.07, 6.45) is 5.14. The van der Waals surface area contributed by atoms with Gasteiger partial charge in [0.05, 0.1) is 7.11 Å². The molecule has 1 aliphatic rings. The fourth-order valence-electron chi connectivity index (χ4n) is 2.71. The molecule has 18 heavy (non-hydrogen) atoms. The van der Waals surface area contributed by atoms with Crippen LogP contribution >= 0.6 is 0 Å². The van der Waals surface area contributed by atoms with Gasteiger partial charge in [-0.3, -0.25) is 0 Å². The third kappa shape index (κ3) is 2.66. The highest BCUT2D eigenvalue weighted by atomic mass is 16.5. The van der Waals surface area contributed by atoms with E-state index in [0.717, 1.165) is 12.3 Å². The zero-order valence-corrected chi connectivity index (χ0v) is 11.3. The van der Waals surface area contributed by atoms with Crippen molar-refractivity contribution in [2.45, 2.75) is 39.2 Å². The van der Waals surface area contributed by atoms with Gasteiger partial charge >= 0.3 is 0 Å². The van der Waals surface area contributed by atoms with Crippen molar-refractivity contribution in [3.8, 4) is 5.88 Å². The zero-order valence-electron chi connectivity index (χ0n) is 11.3. The van der Waals surface area contributed by atoms with E-state index in [9.17, 15) is 0 Å². The van der Waals surface area contributed by atoms with E-state index in [2.05, 4.69) is 29.1 Å². The van der Waals surface area contributed by atoms with E-state index in [1.165, 1.54) is 19.2 Å². The second kappa shape index (κ2) is 5.42. The second-order valence-electron chi connectivity index (χ2n) is 5.29. The molecule has 1 aromatic heterocycles. The molecule has 1 aliphatic carbocycles. The molecule has 0 saturated heterocycles. The topological polar surface area (TPSA) is 73.1 Å². The first-order valence-corrected chi connectivity index (χ1v) is 6.52. The highest BCUT2D eigenvalue weighted by Gasteiger charge is 2.26. The largest absolute Gasteiger partial charge is 0.479 e. The molecule has 0 aromatic carbocycles. The molecular weight excluding hydrogens is 228 g/mol. The van der Waals surface area contributed by atoms with Crippen LogP contribution in [-0.2, 0) is 0 Å². The van der Waals surface area contributed by atoms with Crippen LogP contribution in [0.4, 0.5) is 11.5 Å². The van der Waals surface area contributed by atoms with E-state index in [-0.39, 0.29) is 0 Å². The summed E-state index contributed by atoms with van der Waals surface area (Å²) >= 11 is 0. The lowest BCUT2D eigenvalue weighted by Crippen LogP contribution is -2.33. The molecule has 2 rings (SSSR count). The number of hydrogen-bond acceptors (Lipinski definition) is 5. The van der Waals surface area contributed by atoms with Gasteiger partial charge in [-0.05, 0) is 31.1 Å². The molecule has 0 amide bonds. The van der Waals surface area contributed by atoms with Crippen LogP contribution in [0.25, 0.3) is 0 Å². The van der Waals surface area contributed by atoms with Crippen molar-refractivity contribution in [1.82, 2.24) is 9.97 Å². The Balaban J connectivity index is 2.09. The van der Waals surface area contributed by atoms with Gasteiger partial charge in [0.25, 0.3) is 0 Å². The van der Waals surface area contributed by atoms with Crippen LogP contribution in [0.5, 0.6) is 5.88 Å². The Morgan fingerprint density at radius 3 is 2.78 bits per heavy atom. The van der Waals surface area contributed by atoms with Crippen molar-refractivity contribution in [3.05, 3.63) is 6.33 Å². The van der Waals surface area contributed by atoms with Gasteiger partial charge in [-0.1, -0.05) is 13.8 Å². The fraction of sp³-hybridized carbons (Fsp3) is 0.692. The number of rotatable bonds is 3. The summed E-state index contributed by atoms with van der Waals surface area (Å²) < 4.78 is 5.10. The van der Waals surface area contributed by atoms with Crippen LogP contribution in [0.3, 0.4) is 0 Å². The summed E-state index contributed by atoms with van der Waals surface area (Å²) in [6.45, 7) is 4.59. The van der Waals surface area contributed by atoms with Gasteiger partial charge in [-0.15, -0.1) is 0 Å². The van der Waals surface area contributed by atoms with Gasteiger partial charge in [-0.2, -0.15) is 4.98 Å². The highest BCUT2D eigenvalue weighted by molar-refractivity contribution is 5.66. The number of methoxy groups -OCH3 is 1. The van der Waals surface area contributed by atoms with Crippen LogP contribution in [0.15, 0.2) is 6.33 Å². The van der Waals surface area contributed by atoms with Gasteiger partial charge in [0.15, 0.2) is 5.82 Å². The molecule has 3 unspecified atom stereocenters. The van der Waals surface area contributed by atoms with Crippen molar-refractivity contribution < 1.29 is 4.74 Å². The molecule has 1 heterocycles. The average molecular weight is 250 g/mol. The minimum Gasteiger partial charge on any atom is -0.479 e. The third-order valence-corrected chi connectivity index (χ3v) is 3.79. The smallest absolute Gasteiger partial charge is 0.242 e. The summed E-state index contributed by atoms with van der Waals surface area (Å²) in [5, 5.41) is 3.44. The average Bonchev–Trinajstić information content (AvgIpc) is 2.35. The first-order valence-electron chi connectivity index (χ1n) is 6.52. The lowest BCUT2D eigenvalue weighted by Gasteiger charge is -2.33. The molecule has 3 N–H and O–H groups in total. The quantitative estimate of drug-likeness (QED) is 0.861. The summed E-state index contributed by atoms with van der Waals surface area (Å²) in [6, 6.07) is 0.433. The van der Waals surface area contributed by atoms with E-state index in [1.54, 1.807) is 7.11 Å². The van der Waals surface area contributed by atoms with Crippen molar-refractivity contribution in [2.24, 2.45) is 11.8 Å². The number of nitrogens with two attached hydrogens (primary N) is 1. The number of ether oxygens (including phenoxy) is 1. The summed E-state index contributed by atoms with van der Waals surface area (Å²) in [4.78, 5) is 8.19. The number of anilines is 2. The summed E-state index contributed by atoms with van der Waals surface area (Å²) in [7, 11) is 1.56. The molecule has 0 bridgehead atoms. The van der Waals surface area contributed by atoms with E-state index in [1.807, 2.05) is 0 Å². The number of nitrogen functional groups attached to an aromatic ring is 1. The maximum absolute atomic E-state index is 5.97.